The third-order valence-corrected chi connectivity index (χ3v) is 5.63. The summed E-state index contributed by atoms with van der Waals surface area (Å²) in [5.74, 6) is -0.669. The molecule has 0 spiro atoms. The molecule has 0 saturated carbocycles. The zero-order chi connectivity index (χ0) is 18.9. The van der Waals surface area contributed by atoms with Gasteiger partial charge in [-0.2, -0.15) is 15.8 Å². The fraction of sp³-hybridized carbons (Fsp3) is 0.350. The van der Waals surface area contributed by atoms with Gasteiger partial charge in [-0.1, -0.05) is 36.7 Å². The highest BCUT2D eigenvalue weighted by molar-refractivity contribution is 6.30. The molecule has 0 radical (unpaired) electrons. The Kier molecular flexibility index (Phi) is 4.75. The van der Waals surface area contributed by atoms with E-state index in [0.717, 1.165) is 24.2 Å². The first-order chi connectivity index (χ1) is 12.5. The third-order valence-electron chi connectivity index (χ3n) is 5.40. The van der Waals surface area contributed by atoms with Gasteiger partial charge in [0, 0.05) is 29.9 Å². The van der Waals surface area contributed by atoms with Crippen molar-refractivity contribution in [2.75, 3.05) is 19.6 Å². The predicted molar refractivity (Wildman–Crippen MR) is 98.4 cm³/mol. The Hall–Kier alpha value is -2.78. The van der Waals surface area contributed by atoms with E-state index in [4.69, 9.17) is 17.3 Å². The number of rotatable bonds is 2. The van der Waals surface area contributed by atoms with E-state index in [1.807, 2.05) is 12.1 Å². The maximum Gasteiger partial charge on any atom is 0.191 e. The maximum absolute atomic E-state index is 9.98. The average molecular weight is 364 g/mol. The van der Waals surface area contributed by atoms with Gasteiger partial charge in [-0.25, -0.2) is 0 Å². The van der Waals surface area contributed by atoms with Gasteiger partial charge in [-0.05, 0) is 29.8 Å². The highest BCUT2D eigenvalue weighted by atomic mass is 35.5. The zero-order valence-corrected chi connectivity index (χ0v) is 15.2. The Morgan fingerprint density at radius 3 is 2.62 bits per heavy atom. The van der Waals surface area contributed by atoms with E-state index in [-0.39, 0.29) is 17.2 Å². The van der Waals surface area contributed by atoms with E-state index >= 15 is 0 Å². The van der Waals surface area contributed by atoms with Gasteiger partial charge in [0.25, 0.3) is 0 Å². The molecule has 5 nitrogen and oxygen atoms in total. The van der Waals surface area contributed by atoms with Crippen molar-refractivity contribution in [1.82, 2.24) is 4.90 Å². The Balaban J connectivity index is 2.32. The van der Waals surface area contributed by atoms with Crippen molar-refractivity contribution in [1.29, 1.82) is 15.8 Å². The number of fused-ring (bicyclic) bond motifs is 1. The predicted octanol–water partition coefficient (Wildman–Crippen LogP) is 3.09. The number of nitrogens with two attached hydrogens (primary N) is 1. The average Bonchev–Trinajstić information content (AvgIpc) is 2.66. The third kappa shape index (κ3) is 2.56. The van der Waals surface area contributed by atoms with E-state index in [2.05, 4.69) is 30.0 Å². The van der Waals surface area contributed by atoms with Crippen molar-refractivity contribution in [2.24, 2.45) is 17.1 Å². The van der Waals surface area contributed by atoms with Crippen LogP contribution in [-0.4, -0.2) is 24.5 Å². The molecule has 1 aliphatic carbocycles. The number of halogens is 1. The number of nitrogens with zero attached hydrogens (tertiary/aromatic N) is 4. The first kappa shape index (κ1) is 18.0. The number of benzene rings is 1. The van der Waals surface area contributed by atoms with Crippen LogP contribution in [0.5, 0.6) is 0 Å². The highest BCUT2D eigenvalue weighted by Crippen LogP contribution is 2.54. The summed E-state index contributed by atoms with van der Waals surface area (Å²) in [4.78, 5) is 2.22. The standard InChI is InChI=1S/C20H18ClN5/c1-2-26-7-6-15-16(9-22)19(25)20(11-23,12-24)18(17(15)10-26)13-4-3-5-14(21)8-13/h3-6,8,17-18H,2,7,10,25H2,1H3/t17-,18-/m1/s1. The lowest BCUT2D eigenvalue weighted by Crippen LogP contribution is -2.48. The molecule has 0 bridgehead atoms. The number of likely N-dealkylation sites (N-methyl/N-ethyl adjacent to an activating group) is 1. The Morgan fingerprint density at radius 1 is 1.31 bits per heavy atom. The molecule has 1 aromatic carbocycles. The van der Waals surface area contributed by atoms with Crippen LogP contribution >= 0.6 is 11.6 Å². The summed E-state index contributed by atoms with van der Waals surface area (Å²) in [5, 5.41) is 30.2. The van der Waals surface area contributed by atoms with E-state index in [9.17, 15) is 15.8 Å². The van der Waals surface area contributed by atoms with Gasteiger partial charge in [0.05, 0.1) is 23.4 Å². The molecule has 6 heteroatoms. The number of hydrogen-bond acceptors (Lipinski definition) is 5. The van der Waals surface area contributed by atoms with Crippen molar-refractivity contribution in [3.63, 3.8) is 0 Å². The lowest BCUT2D eigenvalue weighted by Gasteiger charge is -2.45. The topological polar surface area (TPSA) is 101 Å². The van der Waals surface area contributed by atoms with Gasteiger partial charge >= 0.3 is 0 Å². The highest BCUT2D eigenvalue weighted by Gasteiger charge is 2.54. The first-order valence-electron chi connectivity index (χ1n) is 8.43. The SMILES string of the molecule is CCN1CC=C2C(C#N)=C(N)C(C#N)(C#N)[C@H](c3cccc(Cl)c3)[C@@H]2C1. The van der Waals surface area contributed by atoms with Crippen molar-refractivity contribution in [3.05, 3.63) is 57.8 Å². The smallest absolute Gasteiger partial charge is 0.191 e. The van der Waals surface area contributed by atoms with Crippen LogP contribution in [0.15, 0.2) is 47.2 Å². The fourth-order valence-corrected chi connectivity index (χ4v) is 4.27. The molecule has 2 atom stereocenters. The van der Waals surface area contributed by atoms with Gasteiger partial charge in [-0.15, -0.1) is 0 Å². The molecule has 1 aromatic rings. The van der Waals surface area contributed by atoms with E-state index in [1.165, 1.54) is 0 Å². The van der Waals surface area contributed by atoms with Gasteiger partial charge in [0.15, 0.2) is 5.41 Å². The quantitative estimate of drug-likeness (QED) is 0.870. The number of nitriles is 3. The first-order valence-corrected chi connectivity index (χ1v) is 8.81. The molecule has 130 valence electrons. The second-order valence-corrected chi connectivity index (χ2v) is 7.02. The van der Waals surface area contributed by atoms with E-state index in [0.29, 0.717) is 11.6 Å². The van der Waals surface area contributed by atoms with Gasteiger partial charge < -0.3 is 5.73 Å². The molecule has 0 aromatic heterocycles. The van der Waals surface area contributed by atoms with Gasteiger partial charge in [0.2, 0.25) is 0 Å². The van der Waals surface area contributed by atoms with Crippen LogP contribution in [0.3, 0.4) is 0 Å². The molecular formula is C20H18ClN5. The minimum absolute atomic E-state index is 0.0439. The minimum Gasteiger partial charge on any atom is -0.399 e. The lowest BCUT2D eigenvalue weighted by molar-refractivity contribution is 0.214. The Labute approximate surface area is 158 Å². The summed E-state index contributed by atoms with van der Waals surface area (Å²) in [5.41, 5.74) is 6.59. The van der Waals surface area contributed by atoms with Crippen molar-refractivity contribution >= 4 is 11.6 Å². The van der Waals surface area contributed by atoms with E-state index in [1.54, 1.807) is 18.2 Å². The molecule has 2 N–H and O–H groups in total. The van der Waals surface area contributed by atoms with Crippen molar-refractivity contribution < 1.29 is 0 Å². The summed E-state index contributed by atoms with van der Waals surface area (Å²) < 4.78 is 0. The van der Waals surface area contributed by atoms with Crippen LogP contribution in [-0.2, 0) is 0 Å². The summed E-state index contributed by atoms with van der Waals surface area (Å²) in [6, 6.07) is 13.6. The van der Waals surface area contributed by atoms with Crippen molar-refractivity contribution in [3.8, 4) is 18.2 Å². The summed E-state index contributed by atoms with van der Waals surface area (Å²) in [7, 11) is 0. The lowest BCUT2D eigenvalue weighted by atomic mass is 9.58. The molecule has 0 amide bonds. The molecule has 1 heterocycles. The molecule has 0 saturated heterocycles. The Bertz CT molecular complexity index is 911. The minimum atomic E-state index is -1.60. The largest absolute Gasteiger partial charge is 0.399 e. The van der Waals surface area contributed by atoms with Crippen molar-refractivity contribution in [2.45, 2.75) is 12.8 Å². The van der Waals surface area contributed by atoms with Crippen LogP contribution in [0.2, 0.25) is 5.02 Å². The van der Waals surface area contributed by atoms with Crippen LogP contribution in [0.25, 0.3) is 0 Å². The molecule has 2 aliphatic rings. The van der Waals surface area contributed by atoms with Crippen LogP contribution in [0.1, 0.15) is 18.4 Å². The molecule has 26 heavy (non-hydrogen) atoms. The maximum atomic E-state index is 9.98. The summed E-state index contributed by atoms with van der Waals surface area (Å²) >= 11 is 6.18. The molecular weight excluding hydrogens is 346 g/mol. The molecule has 3 rings (SSSR count). The van der Waals surface area contributed by atoms with E-state index < -0.39 is 11.3 Å². The Morgan fingerprint density at radius 2 is 2.04 bits per heavy atom. The monoisotopic (exact) mass is 363 g/mol. The fourth-order valence-electron chi connectivity index (χ4n) is 4.07. The van der Waals surface area contributed by atoms with Crippen LogP contribution in [0, 0.1) is 45.3 Å². The molecule has 0 fully saturated rings. The van der Waals surface area contributed by atoms with Crippen LogP contribution in [0.4, 0.5) is 0 Å². The van der Waals surface area contributed by atoms with Crippen LogP contribution < -0.4 is 5.73 Å². The molecule has 0 unspecified atom stereocenters. The normalized spacial score (nSPS) is 24.7. The number of allylic oxidation sites excluding steroid dienone is 2. The summed E-state index contributed by atoms with van der Waals surface area (Å²) in [6.45, 7) is 4.28. The summed E-state index contributed by atoms with van der Waals surface area (Å²) in [6.07, 6.45) is 2.00. The molecule has 1 aliphatic heterocycles. The number of hydrogen-bond donors (Lipinski definition) is 1. The van der Waals surface area contributed by atoms with Gasteiger partial charge in [0.1, 0.15) is 6.07 Å². The second-order valence-electron chi connectivity index (χ2n) is 6.58. The van der Waals surface area contributed by atoms with Gasteiger partial charge in [-0.3, -0.25) is 4.90 Å². The zero-order valence-electron chi connectivity index (χ0n) is 14.4. The second kappa shape index (κ2) is 6.85.